The lowest BCUT2D eigenvalue weighted by Gasteiger charge is -2.28. The van der Waals surface area contributed by atoms with Crippen molar-refractivity contribution in [2.75, 3.05) is 0 Å². The second kappa shape index (κ2) is 2.20. The van der Waals surface area contributed by atoms with Crippen LogP contribution in [0.3, 0.4) is 0 Å². The van der Waals surface area contributed by atoms with Gasteiger partial charge < -0.3 is 5.11 Å². The molecule has 0 aromatic rings. The lowest BCUT2D eigenvalue weighted by Crippen LogP contribution is -2.38. The molecule has 0 amide bonds. The van der Waals surface area contributed by atoms with E-state index < -0.39 is 5.60 Å². The molecule has 56 valence electrons. The van der Waals surface area contributed by atoms with Gasteiger partial charge in [-0.25, -0.2) is 0 Å². The van der Waals surface area contributed by atoms with Crippen molar-refractivity contribution in [2.24, 2.45) is 5.92 Å². The summed E-state index contributed by atoms with van der Waals surface area (Å²) < 4.78 is 0. The van der Waals surface area contributed by atoms with E-state index in [1.54, 1.807) is 26.0 Å². The molecule has 0 fully saturated rings. The summed E-state index contributed by atoms with van der Waals surface area (Å²) in [6.45, 7) is 3.41. The van der Waals surface area contributed by atoms with Gasteiger partial charge in [0.1, 0.15) is 5.78 Å². The molecule has 0 aromatic carbocycles. The number of hydrogen-bond donors (Lipinski definition) is 1. The first kappa shape index (κ1) is 7.48. The average Bonchev–Trinajstić information content (AvgIpc) is 1.83. The highest BCUT2D eigenvalue weighted by Gasteiger charge is 2.32. The van der Waals surface area contributed by atoms with Crippen molar-refractivity contribution in [3.63, 3.8) is 0 Å². The molecule has 1 rings (SSSR count). The van der Waals surface area contributed by atoms with Crippen LogP contribution in [-0.4, -0.2) is 16.5 Å². The van der Waals surface area contributed by atoms with E-state index in [-0.39, 0.29) is 11.7 Å². The maximum absolute atomic E-state index is 11.0. The van der Waals surface area contributed by atoms with Gasteiger partial charge in [-0.1, -0.05) is 19.1 Å². The van der Waals surface area contributed by atoms with E-state index in [4.69, 9.17) is 0 Å². The van der Waals surface area contributed by atoms with Crippen LogP contribution in [0, 0.1) is 5.92 Å². The molecular weight excluding hydrogens is 128 g/mol. The number of carbonyl (C=O) groups is 1. The lowest BCUT2D eigenvalue weighted by molar-refractivity contribution is -0.127. The number of ketones is 1. The van der Waals surface area contributed by atoms with Crippen molar-refractivity contribution in [1.82, 2.24) is 0 Å². The zero-order valence-corrected chi connectivity index (χ0v) is 6.29. The van der Waals surface area contributed by atoms with Crippen LogP contribution < -0.4 is 0 Å². The maximum Gasteiger partial charge on any atom is 0.142 e. The number of aliphatic hydroxyl groups is 1. The standard InChI is InChI=1S/C8H12O2/c1-6-7(9)4-3-5-8(6,2)10/h3,5-6,10H,4H2,1-2H3. The van der Waals surface area contributed by atoms with Gasteiger partial charge in [0.25, 0.3) is 0 Å². The second-order valence-corrected chi connectivity index (χ2v) is 3.02. The average molecular weight is 140 g/mol. The van der Waals surface area contributed by atoms with Crippen molar-refractivity contribution in [3.05, 3.63) is 12.2 Å². The molecule has 0 aliphatic heterocycles. The van der Waals surface area contributed by atoms with Crippen molar-refractivity contribution in [2.45, 2.75) is 25.9 Å². The van der Waals surface area contributed by atoms with Gasteiger partial charge in [-0.3, -0.25) is 4.79 Å². The Morgan fingerprint density at radius 3 is 2.80 bits per heavy atom. The van der Waals surface area contributed by atoms with Gasteiger partial charge >= 0.3 is 0 Å². The number of carbonyl (C=O) groups excluding carboxylic acids is 1. The third-order valence-corrected chi connectivity index (χ3v) is 2.13. The molecule has 2 unspecified atom stereocenters. The zero-order chi connectivity index (χ0) is 7.78. The molecule has 1 N–H and O–H groups in total. The van der Waals surface area contributed by atoms with E-state index in [0.29, 0.717) is 6.42 Å². The third kappa shape index (κ3) is 1.12. The molecule has 1 aliphatic carbocycles. The van der Waals surface area contributed by atoms with Gasteiger partial charge in [0.15, 0.2) is 0 Å². The summed E-state index contributed by atoms with van der Waals surface area (Å²) in [5.41, 5.74) is -0.921. The van der Waals surface area contributed by atoms with Crippen LogP contribution >= 0.6 is 0 Å². The Morgan fingerprint density at radius 1 is 1.80 bits per heavy atom. The largest absolute Gasteiger partial charge is 0.385 e. The van der Waals surface area contributed by atoms with E-state index in [0.717, 1.165) is 0 Å². The Morgan fingerprint density at radius 2 is 2.40 bits per heavy atom. The lowest BCUT2D eigenvalue weighted by atomic mass is 9.82. The molecule has 0 saturated heterocycles. The fraction of sp³-hybridized carbons (Fsp3) is 0.625. The highest BCUT2D eigenvalue weighted by atomic mass is 16.3. The third-order valence-electron chi connectivity index (χ3n) is 2.13. The highest BCUT2D eigenvalue weighted by Crippen LogP contribution is 2.24. The van der Waals surface area contributed by atoms with Crippen LogP contribution in [0.5, 0.6) is 0 Å². The quantitative estimate of drug-likeness (QED) is 0.508. The second-order valence-electron chi connectivity index (χ2n) is 3.02. The van der Waals surface area contributed by atoms with E-state index in [9.17, 15) is 9.90 Å². The van der Waals surface area contributed by atoms with Gasteiger partial charge in [-0.2, -0.15) is 0 Å². The van der Waals surface area contributed by atoms with Crippen LogP contribution in [-0.2, 0) is 4.79 Å². The van der Waals surface area contributed by atoms with E-state index in [1.807, 2.05) is 0 Å². The first-order valence-electron chi connectivity index (χ1n) is 3.47. The molecule has 2 atom stereocenters. The predicted molar refractivity (Wildman–Crippen MR) is 38.6 cm³/mol. The topological polar surface area (TPSA) is 37.3 Å². The zero-order valence-electron chi connectivity index (χ0n) is 6.29. The fourth-order valence-corrected chi connectivity index (χ4v) is 1.06. The summed E-state index contributed by atoms with van der Waals surface area (Å²) in [7, 11) is 0. The summed E-state index contributed by atoms with van der Waals surface area (Å²) in [5, 5.41) is 9.51. The van der Waals surface area contributed by atoms with Crippen LogP contribution in [0.4, 0.5) is 0 Å². The Balaban J connectivity index is 2.87. The molecule has 0 heterocycles. The Hall–Kier alpha value is -0.630. The number of allylic oxidation sites excluding steroid dienone is 1. The van der Waals surface area contributed by atoms with Crippen molar-refractivity contribution < 1.29 is 9.90 Å². The molecule has 0 bridgehead atoms. The van der Waals surface area contributed by atoms with Crippen molar-refractivity contribution in [1.29, 1.82) is 0 Å². The summed E-state index contributed by atoms with van der Waals surface area (Å²) in [5.74, 6) is -0.134. The smallest absolute Gasteiger partial charge is 0.142 e. The normalized spacial score (nSPS) is 40.3. The summed E-state index contributed by atoms with van der Waals surface area (Å²) in [6, 6.07) is 0. The van der Waals surface area contributed by atoms with Crippen LogP contribution in [0.25, 0.3) is 0 Å². The molecule has 2 heteroatoms. The minimum atomic E-state index is -0.921. The van der Waals surface area contributed by atoms with Gasteiger partial charge in [0, 0.05) is 12.3 Å². The minimum Gasteiger partial charge on any atom is -0.385 e. The first-order chi connectivity index (χ1) is 4.54. The first-order valence-corrected chi connectivity index (χ1v) is 3.47. The molecule has 10 heavy (non-hydrogen) atoms. The van der Waals surface area contributed by atoms with Crippen LogP contribution in [0.1, 0.15) is 20.3 Å². The molecule has 0 saturated carbocycles. The van der Waals surface area contributed by atoms with Crippen LogP contribution in [0.2, 0.25) is 0 Å². The highest BCUT2D eigenvalue weighted by molar-refractivity contribution is 5.84. The van der Waals surface area contributed by atoms with Crippen LogP contribution in [0.15, 0.2) is 12.2 Å². The fourth-order valence-electron chi connectivity index (χ4n) is 1.06. The van der Waals surface area contributed by atoms with Crippen molar-refractivity contribution in [3.8, 4) is 0 Å². The molecular formula is C8H12O2. The van der Waals surface area contributed by atoms with E-state index in [1.165, 1.54) is 0 Å². The molecule has 0 spiro atoms. The molecule has 0 radical (unpaired) electrons. The van der Waals surface area contributed by atoms with Gasteiger partial charge in [-0.15, -0.1) is 0 Å². The van der Waals surface area contributed by atoms with Crippen molar-refractivity contribution >= 4 is 5.78 Å². The van der Waals surface area contributed by atoms with Gasteiger partial charge in [0.2, 0.25) is 0 Å². The Labute approximate surface area is 60.6 Å². The van der Waals surface area contributed by atoms with Gasteiger partial charge in [-0.05, 0) is 6.92 Å². The van der Waals surface area contributed by atoms with E-state index >= 15 is 0 Å². The number of hydrogen-bond acceptors (Lipinski definition) is 2. The predicted octanol–water partition coefficient (Wildman–Crippen LogP) is 0.902. The summed E-state index contributed by atoms with van der Waals surface area (Å²) >= 11 is 0. The Kier molecular flexibility index (Phi) is 1.65. The maximum atomic E-state index is 11.0. The molecule has 0 aromatic heterocycles. The minimum absolute atomic E-state index is 0.118. The summed E-state index contributed by atoms with van der Waals surface area (Å²) in [4.78, 5) is 11.0. The summed E-state index contributed by atoms with van der Waals surface area (Å²) in [6.07, 6.45) is 3.89. The number of rotatable bonds is 0. The Bertz CT molecular complexity index is 180. The SMILES string of the molecule is CC1C(=O)CC=CC1(C)O. The van der Waals surface area contributed by atoms with Gasteiger partial charge in [0.05, 0.1) is 5.60 Å². The molecule has 1 aliphatic rings. The molecule has 2 nitrogen and oxygen atoms in total. The van der Waals surface area contributed by atoms with E-state index in [2.05, 4.69) is 0 Å². The number of Topliss-reactive ketones (excluding diaryl/α,β-unsaturated/α-hetero) is 1. The monoisotopic (exact) mass is 140 g/mol.